The number of nitrogens with zero attached hydrogens (tertiary/aromatic N) is 4. The highest BCUT2D eigenvalue weighted by Gasteiger charge is 2.27. The fraction of sp³-hybridized carbons (Fsp3) is 0.613. The molecule has 4 rings (SSSR count). The Hall–Kier alpha value is -3.35. The van der Waals surface area contributed by atoms with Gasteiger partial charge in [-0.15, -0.1) is 0 Å². The van der Waals surface area contributed by atoms with E-state index < -0.39 is 17.8 Å². The van der Waals surface area contributed by atoms with E-state index in [2.05, 4.69) is 14.9 Å². The largest absolute Gasteiger partial charge is 0.474 e. The number of benzene rings is 1. The van der Waals surface area contributed by atoms with Gasteiger partial charge in [-0.05, 0) is 63.8 Å². The molecule has 0 spiro atoms. The second-order valence-electron chi connectivity index (χ2n) is 11.6. The molecule has 0 radical (unpaired) electrons. The van der Waals surface area contributed by atoms with Crippen molar-refractivity contribution in [3.8, 4) is 11.8 Å². The summed E-state index contributed by atoms with van der Waals surface area (Å²) in [6.07, 6.45) is 4.92. The van der Waals surface area contributed by atoms with Crippen molar-refractivity contribution in [2.45, 2.75) is 83.6 Å². The van der Waals surface area contributed by atoms with Crippen LogP contribution in [0, 0.1) is 12.7 Å². The molecule has 0 unspecified atom stereocenters. The van der Waals surface area contributed by atoms with Crippen LogP contribution < -0.4 is 15.2 Å². The minimum Gasteiger partial charge on any atom is -0.474 e. The molecule has 2 atom stereocenters. The van der Waals surface area contributed by atoms with E-state index in [4.69, 9.17) is 24.7 Å². The fourth-order valence-electron chi connectivity index (χ4n) is 5.33. The number of hydrogen-bond acceptors (Lipinski definition) is 10. The van der Waals surface area contributed by atoms with Gasteiger partial charge in [-0.25, -0.2) is 23.9 Å². The molecular weight excluding hydrogens is 557 g/mol. The quantitative estimate of drug-likeness (QED) is 0.383. The maximum Gasteiger partial charge on any atom is 0.410 e. The first-order valence-electron chi connectivity index (χ1n) is 15.1. The topological polar surface area (TPSA) is 129 Å². The van der Waals surface area contributed by atoms with Crippen molar-refractivity contribution in [2.75, 3.05) is 39.8 Å². The number of carbonyl (C=O) groups excluding carboxylic acids is 2. The Morgan fingerprint density at radius 1 is 1.09 bits per heavy atom. The van der Waals surface area contributed by atoms with Crippen LogP contribution in [0.4, 0.5) is 9.18 Å². The normalized spacial score (nSPS) is 18.9. The third kappa shape index (κ3) is 9.32. The van der Waals surface area contributed by atoms with Gasteiger partial charge in [-0.2, -0.15) is 0 Å². The Morgan fingerprint density at radius 2 is 1.84 bits per heavy atom. The second-order valence-corrected chi connectivity index (χ2v) is 11.6. The molecule has 2 N–H and O–H groups in total. The number of aromatic nitrogens is 2. The summed E-state index contributed by atoms with van der Waals surface area (Å²) in [7, 11) is 1.74. The lowest BCUT2D eigenvalue weighted by molar-refractivity contribution is -0.136. The van der Waals surface area contributed by atoms with Gasteiger partial charge in [-0.1, -0.05) is 12.1 Å². The number of halogens is 1. The van der Waals surface area contributed by atoms with Gasteiger partial charge >= 0.3 is 12.1 Å². The predicted octanol–water partition coefficient (Wildman–Crippen LogP) is 3.44. The molecule has 2 aromatic rings. The molecule has 2 fully saturated rings. The molecule has 1 aromatic heterocycles. The third-order valence-electron chi connectivity index (χ3n) is 7.88. The van der Waals surface area contributed by atoms with Crippen LogP contribution in [0.25, 0.3) is 0 Å². The van der Waals surface area contributed by atoms with Crippen molar-refractivity contribution in [1.29, 1.82) is 0 Å². The van der Waals surface area contributed by atoms with Gasteiger partial charge < -0.3 is 34.5 Å². The summed E-state index contributed by atoms with van der Waals surface area (Å²) in [6, 6.07) is 3.99. The van der Waals surface area contributed by atoms with E-state index in [9.17, 15) is 14.0 Å². The van der Waals surface area contributed by atoms with Crippen LogP contribution in [0.5, 0.6) is 11.8 Å². The number of carbonyl (C=O) groups is 2. The lowest BCUT2D eigenvalue weighted by Gasteiger charge is -2.31. The number of amides is 1. The van der Waals surface area contributed by atoms with Crippen LogP contribution in [0.3, 0.4) is 0 Å². The first kappa shape index (κ1) is 32.6. The minimum absolute atomic E-state index is 0.0160. The molecule has 2 aliphatic heterocycles. The number of esters is 1. The van der Waals surface area contributed by atoms with Crippen molar-refractivity contribution in [3.63, 3.8) is 0 Å². The Morgan fingerprint density at radius 3 is 2.53 bits per heavy atom. The number of piperidine rings is 2. The van der Waals surface area contributed by atoms with Crippen molar-refractivity contribution >= 4 is 12.1 Å². The van der Waals surface area contributed by atoms with Crippen LogP contribution in [0.2, 0.25) is 0 Å². The number of hydrogen-bond donors (Lipinski definition) is 1. The van der Waals surface area contributed by atoms with Crippen molar-refractivity contribution in [2.24, 2.45) is 5.73 Å². The van der Waals surface area contributed by atoms with E-state index in [1.807, 2.05) is 19.9 Å². The van der Waals surface area contributed by atoms with Gasteiger partial charge in [-0.3, -0.25) is 0 Å². The molecule has 2 saturated heterocycles. The molecule has 0 saturated carbocycles. The molecule has 1 aromatic carbocycles. The van der Waals surface area contributed by atoms with Crippen LogP contribution in [0.1, 0.15) is 56.2 Å². The van der Waals surface area contributed by atoms with Crippen LogP contribution in [0.15, 0.2) is 24.5 Å². The van der Waals surface area contributed by atoms with Crippen molar-refractivity contribution < 1.29 is 32.9 Å². The standard InChI is InChI=1S/C31H44FN5O6/c1-20(2)41-31(39)37-14-10-24(11-15-37)42-28-21(3)29(35-19-34-28)43-30(38)27(33)17-23-8-7-22(16-26(23)32)9-13-36-12-5-6-25(18-36)40-4/h7-8,16,19-20,24-25,27H,5-6,9-15,17-18,33H2,1-4H3/t25-,27-/m0/s1. The number of rotatable bonds is 11. The number of nitrogens with two attached hydrogens (primary N) is 1. The van der Waals surface area contributed by atoms with Gasteiger partial charge in [0.2, 0.25) is 11.8 Å². The molecule has 0 bridgehead atoms. The van der Waals surface area contributed by atoms with Crippen LogP contribution >= 0.6 is 0 Å². The highest BCUT2D eigenvalue weighted by molar-refractivity contribution is 5.78. The summed E-state index contributed by atoms with van der Waals surface area (Å²) in [4.78, 5) is 37.2. The molecular formula is C31H44FN5O6. The van der Waals surface area contributed by atoms with Gasteiger partial charge in [0, 0.05) is 52.6 Å². The van der Waals surface area contributed by atoms with Crippen molar-refractivity contribution in [1.82, 2.24) is 19.8 Å². The summed E-state index contributed by atoms with van der Waals surface area (Å²) in [5.41, 5.74) is 7.80. The maximum absolute atomic E-state index is 14.9. The summed E-state index contributed by atoms with van der Waals surface area (Å²) < 4.78 is 37.2. The van der Waals surface area contributed by atoms with E-state index in [1.54, 1.807) is 25.0 Å². The Kier molecular flexibility index (Phi) is 11.7. The SMILES string of the molecule is CO[C@H]1CCCN(CCc2ccc(C[C@H](N)C(=O)Oc3ncnc(OC4CCN(C(=O)OC(C)C)CC4)c3C)c(F)c2)C1. The summed E-state index contributed by atoms with van der Waals surface area (Å²) in [5, 5.41) is 0. The zero-order valence-electron chi connectivity index (χ0n) is 25.6. The lowest BCUT2D eigenvalue weighted by atomic mass is 10.0. The second kappa shape index (κ2) is 15.4. The molecule has 236 valence electrons. The Balaban J connectivity index is 1.27. The minimum atomic E-state index is -1.09. The third-order valence-corrected chi connectivity index (χ3v) is 7.88. The highest BCUT2D eigenvalue weighted by atomic mass is 19.1. The van der Waals surface area contributed by atoms with Gasteiger partial charge in [0.15, 0.2) is 0 Å². The molecule has 2 aliphatic rings. The molecule has 1 amide bonds. The van der Waals surface area contributed by atoms with Gasteiger partial charge in [0.05, 0.1) is 17.8 Å². The smallest absolute Gasteiger partial charge is 0.410 e. The lowest BCUT2D eigenvalue weighted by Crippen LogP contribution is -2.42. The Labute approximate surface area is 252 Å². The van der Waals surface area contributed by atoms with E-state index in [1.165, 1.54) is 12.4 Å². The summed E-state index contributed by atoms with van der Waals surface area (Å²) in [6.45, 7) is 9.07. The van der Waals surface area contributed by atoms with E-state index in [-0.39, 0.29) is 36.7 Å². The maximum atomic E-state index is 14.9. The molecule has 12 heteroatoms. The van der Waals surface area contributed by atoms with Crippen molar-refractivity contribution in [3.05, 3.63) is 47.0 Å². The van der Waals surface area contributed by atoms with Gasteiger partial charge in [0.25, 0.3) is 0 Å². The monoisotopic (exact) mass is 601 g/mol. The average Bonchev–Trinajstić information content (AvgIpc) is 2.99. The molecule has 3 heterocycles. The number of ether oxygens (including phenoxy) is 4. The van der Waals surface area contributed by atoms with Crippen LogP contribution in [-0.4, -0.2) is 96.0 Å². The summed E-state index contributed by atoms with van der Waals surface area (Å²) >= 11 is 0. The molecule has 43 heavy (non-hydrogen) atoms. The van der Waals surface area contributed by atoms with E-state index in [0.29, 0.717) is 42.9 Å². The molecule has 0 aliphatic carbocycles. The first-order chi connectivity index (χ1) is 20.6. The zero-order valence-corrected chi connectivity index (χ0v) is 25.6. The Bertz CT molecular complexity index is 1240. The summed E-state index contributed by atoms with van der Waals surface area (Å²) in [5.74, 6) is -0.802. The zero-order chi connectivity index (χ0) is 30.9. The first-order valence-corrected chi connectivity index (χ1v) is 15.1. The van der Waals surface area contributed by atoms with Gasteiger partial charge in [0.1, 0.15) is 24.3 Å². The number of methoxy groups -OCH3 is 1. The van der Waals surface area contributed by atoms with Crippen LogP contribution in [-0.2, 0) is 27.1 Å². The molecule has 11 nitrogen and oxygen atoms in total. The predicted molar refractivity (Wildman–Crippen MR) is 157 cm³/mol. The highest BCUT2D eigenvalue weighted by Crippen LogP contribution is 2.26. The van der Waals surface area contributed by atoms with E-state index >= 15 is 0 Å². The number of likely N-dealkylation sites (tertiary alicyclic amines) is 2. The van der Waals surface area contributed by atoms with E-state index in [0.717, 1.165) is 44.5 Å². The average molecular weight is 602 g/mol. The fourth-order valence-corrected chi connectivity index (χ4v) is 5.33.